The Kier molecular flexibility index (Phi) is 24.1. The summed E-state index contributed by atoms with van der Waals surface area (Å²) in [5.74, 6) is -0.907. The molecular weight excluding hydrogens is 571 g/mol. The van der Waals surface area contributed by atoms with Crippen LogP contribution in [0, 0.1) is 0 Å². The van der Waals surface area contributed by atoms with Crippen molar-refractivity contribution in [1.29, 1.82) is 0 Å². The zero-order valence-electron chi connectivity index (χ0n) is 27.1. The van der Waals surface area contributed by atoms with Crippen LogP contribution in [0.4, 0.5) is 0 Å². The number of carbonyl (C=O) groups excluding carboxylic acids is 2. The maximum absolute atomic E-state index is 12.3. The molecule has 2 unspecified atom stereocenters. The van der Waals surface area contributed by atoms with Crippen LogP contribution in [0.15, 0.2) is 12.2 Å². The highest BCUT2D eigenvalue weighted by Crippen LogP contribution is 2.36. The van der Waals surface area contributed by atoms with Gasteiger partial charge in [-0.05, 0) is 38.5 Å². The number of phosphoric acid groups is 1. The number of hydrogen-bond donors (Lipinski definition) is 2. The van der Waals surface area contributed by atoms with E-state index in [2.05, 4.69) is 30.5 Å². The molecule has 1 aliphatic rings. The average molecular weight is 633 g/mol. The molecule has 0 radical (unpaired) electrons. The molecular formula is C33H61O9P. The highest BCUT2D eigenvalue weighted by atomic mass is 31.2. The van der Waals surface area contributed by atoms with Gasteiger partial charge in [0, 0.05) is 12.8 Å². The third-order valence-corrected chi connectivity index (χ3v) is 8.19. The molecule has 0 amide bonds. The molecule has 0 bridgehead atoms. The van der Waals surface area contributed by atoms with Gasteiger partial charge < -0.3 is 24.0 Å². The van der Waals surface area contributed by atoms with Gasteiger partial charge in [-0.3, -0.25) is 14.1 Å². The second-order valence-electron chi connectivity index (χ2n) is 11.9. The Morgan fingerprint density at radius 3 is 1.91 bits per heavy atom. The van der Waals surface area contributed by atoms with Crippen LogP contribution < -0.4 is 0 Å². The van der Waals surface area contributed by atoms with Crippen LogP contribution >= 0.6 is 7.82 Å². The lowest BCUT2D eigenvalue weighted by atomic mass is 10.1. The zero-order chi connectivity index (χ0) is 31.6. The van der Waals surface area contributed by atoms with Crippen molar-refractivity contribution < 1.29 is 42.7 Å². The van der Waals surface area contributed by atoms with Gasteiger partial charge in [-0.2, -0.15) is 0 Å². The van der Waals surface area contributed by atoms with Gasteiger partial charge in [-0.15, -0.1) is 0 Å². The number of carbonyl (C=O) groups is 2. The SMILES string of the molecule is CCCCCCCCCCCC(=O)O[C@H](COC(=O)CCCCCCC/C=C\CC1OC1CCCCC)COP(=O)(O)O. The lowest BCUT2D eigenvalue weighted by Crippen LogP contribution is -2.29. The van der Waals surface area contributed by atoms with Gasteiger partial charge in [0.2, 0.25) is 0 Å². The van der Waals surface area contributed by atoms with Crippen molar-refractivity contribution in [2.75, 3.05) is 13.2 Å². The first kappa shape index (κ1) is 39.8. The van der Waals surface area contributed by atoms with E-state index in [1.54, 1.807) is 0 Å². The Bertz CT molecular complexity index is 782. The normalized spacial score (nSPS) is 17.3. The van der Waals surface area contributed by atoms with E-state index in [-0.39, 0.29) is 19.4 Å². The maximum atomic E-state index is 12.3. The number of epoxide rings is 1. The van der Waals surface area contributed by atoms with Crippen molar-refractivity contribution >= 4 is 19.8 Å². The second kappa shape index (κ2) is 26.0. The summed E-state index contributed by atoms with van der Waals surface area (Å²) in [6, 6.07) is 0. The van der Waals surface area contributed by atoms with Crippen molar-refractivity contribution in [3.63, 3.8) is 0 Å². The molecule has 10 heteroatoms. The summed E-state index contributed by atoms with van der Waals surface area (Å²) in [7, 11) is -4.74. The third-order valence-electron chi connectivity index (χ3n) is 7.71. The first-order valence-corrected chi connectivity index (χ1v) is 18.6. The van der Waals surface area contributed by atoms with E-state index < -0.39 is 32.5 Å². The number of unbranched alkanes of at least 4 members (excludes halogenated alkanes) is 15. The molecule has 0 aromatic carbocycles. The van der Waals surface area contributed by atoms with Crippen molar-refractivity contribution in [1.82, 2.24) is 0 Å². The van der Waals surface area contributed by atoms with E-state index in [1.807, 2.05) is 0 Å². The quantitative estimate of drug-likeness (QED) is 0.0263. The molecule has 2 N–H and O–H groups in total. The van der Waals surface area contributed by atoms with E-state index in [0.29, 0.717) is 25.0 Å². The molecule has 0 spiro atoms. The fourth-order valence-corrected chi connectivity index (χ4v) is 5.39. The molecule has 0 aliphatic carbocycles. The molecule has 9 nitrogen and oxygen atoms in total. The molecule has 252 valence electrons. The lowest BCUT2D eigenvalue weighted by molar-refractivity contribution is -0.161. The van der Waals surface area contributed by atoms with E-state index in [0.717, 1.165) is 57.8 Å². The fourth-order valence-electron chi connectivity index (χ4n) is 5.03. The molecule has 1 rings (SSSR count). The Balaban J connectivity index is 2.10. The molecule has 43 heavy (non-hydrogen) atoms. The topological polar surface area (TPSA) is 132 Å². The lowest BCUT2D eigenvalue weighted by Gasteiger charge is -2.18. The summed E-state index contributed by atoms with van der Waals surface area (Å²) in [5.41, 5.74) is 0. The van der Waals surface area contributed by atoms with Crippen LogP contribution in [0.3, 0.4) is 0 Å². The standard InChI is InChI=1S/C33H61O9P/c1-3-5-7-8-9-10-15-18-22-26-33(35)41-29(28-40-43(36,37)38)27-39-32(34)25-21-17-14-12-11-13-16-20-24-31-30(42-31)23-19-6-4-2/h16,20,29-31H,3-15,17-19,21-28H2,1-2H3,(H2,36,37,38)/b20-16-/t29-,30?,31?/m1/s1. The molecule has 0 aromatic rings. The van der Waals surface area contributed by atoms with Crippen LogP contribution in [0.2, 0.25) is 0 Å². The third kappa shape index (κ3) is 25.7. The maximum Gasteiger partial charge on any atom is 0.469 e. The summed E-state index contributed by atoms with van der Waals surface area (Å²) < 4.78 is 31.9. The summed E-state index contributed by atoms with van der Waals surface area (Å²) in [4.78, 5) is 42.5. The smallest absolute Gasteiger partial charge is 0.462 e. The van der Waals surface area contributed by atoms with Gasteiger partial charge in [0.05, 0.1) is 18.8 Å². The largest absolute Gasteiger partial charge is 0.469 e. The second-order valence-corrected chi connectivity index (χ2v) is 13.1. The van der Waals surface area contributed by atoms with E-state index in [9.17, 15) is 14.2 Å². The highest BCUT2D eigenvalue weighted by molar-refractivity contribution is 7.46. The molecule has 1 heterocycles. The van der Waals surface area contributed by atoms with Crippen LogP contribution in [0.1, 0.15) is 155 Å². The molecule has 1 aliphatic heterocycles. The summed E-state index contributed by atoms with van der Waals surface area (Å²) >= 11 is 0. The van der Waals surface area contributed by atoms with Gasteiger partial charge in [0.15, 0.2) is 6.10 Å². The van der Waals surface area contributed by atoms with Gasteiger partial charge in [-0.1, -0.05) is 116 Å². The minimum absolute atomic E-state index is 0.209. The number of phosphoric ester groups is 1. The predicted molar refractivity (Wildman–Crippen MR) is 170 cm³/mol. The number of allylic oxidation sites excluding steroid dienone is 1. The number of hydrogen-bond acceptors (Lipinski definition) is 7. The zero-order valence-corrected chi connectivity index (χ0v) is 28.0. The van der Waals surface area contributed by atoms with E-state index in [1.165, 1.54) is 57.8 Å². The molecule has 0 aromatic heterocycles. The molecule has 1 saturated heterocycles. The van der Waals surface area contributed by atoms with Crippen LogP contribution in [-0.4, -0.2) is 53.3 Å². The van der Waals surface area contributed by atoms with Crippen LogP contribution in [-0.2, 0) is 32.9 Å². The first-order chi connectivity index (χ1) is 20.7. The number of ether oxygens (including phenoxy) is 3. The van der Waals surface area contributed by atoms with Gasteiger partial charge >= 0.3 is 19.8 Å². The van der Waals surface area contributed by atoms with Crippen LogP contribution in [0.5, 0.6) is 0 Å². The molecule has 1 fully saturated rings. The fraction of sp³-hybridized carbons (Fsp3) is 0.879. The minimum Gasteiger partial charge on any atom is -0.462 e. The Morgan fingerprint density at radius 2 is 1.28 bits per heavy atom. The van der Waals surface area contributed by atoms with Gasteiger partial charge in [0.1, 0.15) is 6.61 Å². The Morgan fingerprint density at radius 1 is 0.721 bits per heavy atom. The minimum atomic E-state index is -4.74. The van der Waals surface area contributed by atoms with Gasteiger partial charge in [-0.25, -0.2) is 4.57 Å². The number of esters is 2. The predicted octanol–water partition coefficient (Wildman–Crippen LogP) is 8.50. The van der Waals surface area contributed by atoms with Gasteiger partial charge in [0.25, 0.3) is 0 Å². The first-order valence-electron chi connectivity index (χ1n) is 17.1. The van der Waals surface area contributed by atoms with Crippen molar-refractivity contribution in [2.45, 2.75) is 173 Å². The van der Waals surface area contributed by atoms with E-state index in [4.69, 9.17) is 24.0 Å². The highest BCUT2D eigenvalue weighted by Gasteiger charge is 2.36. The average Bonchev–Trinajstić information content (AvgIpc) is 3.72. The van der Waals surface area contributed by atoms with Crippen molar-refractivity contribution in [3.05, 3.63) is 12.2 Å². The number of rotatable bonds is 30. The van der Waals surface area contributed by atoms with Crippen LogP contribution in [0.25, 0.3) is 0 Å². The Hall–Kier alpha value is -1.25. The summed E-state index contributed by atoms with van der Waals surface area (Å²) in [6.45, 7) is 3.59. The monoisotopic (exact) mass is 632 g/mol. The van der Waals surface area contributed by atoms with E-state index >= 15 is 0 Å². The summed E-state index contributed by atoms with van der Waals surface area (Å²) in [6.07, 6.45) is 26.9. The van der Waals surface area contributed by atoms with Crippen molar-refractivity contribution in [3.8, 4) is 0 Å². The Labute approximate surface area is 261 Å². The molecule has 0 saturated carbocycles. The summed E-state index contributed by atoms with van der Waals surface area (Å²) in [5, 5.41) is 0. The molecule has 3 atom stereocenters. The van der Waals surface area contributed by atoms with Crippen molar-refractivity contribution in [2.24, 2.45) is 0 Å².